The molecule has 28 heavy (non-hydrogen) atoms. The molecule has 0 saturated carbocycles. The van der Waals surface area contributed by atoms with E-state index in [4.69, 9.17) is 5.73 Å². The number of ether oxygens (including phenoxy) is 2. The first-order valence-electron chi connectivity index (χ1n) is 8.63. The van der Waals surface area contributed by atoms with Crippen LogP contribution in [0.2, 0.25) is 0 Å². The summed E-state index contributed by atoms with van der Waals surface area (Å²) in [7, 11) is 2.63. The minimum Gasteiger partial charge on any atom is -0.453 e. The van der Waals surface area contributed by atoms with Crippen molar-refractivity contribution in [2.75, 3.05) is 24.9 Å². The van der Waals surface area contributed by atoms with Crippen LogP contribution in [0.25, 0.3) is 0 Å². The Kier molecular flexibility index (Phi) is 8.76. The van der Waals surface area contributed by atoms with Crippen LogP contribution < -0.4 is 16.4 Å². The molecule has 0 heterocycles. The molecule has 0 fully saturated rings. The maximum absolute atomic E-state index is 11.3. The molecule has 4 N–H and O–H groups in total. The monoisotopic (exact) mass is 407 g/mol. The van der Waals surface area contributed by atoms with E-state index < -0.39 is 17.7 Å². The highest BCUT2D eigenvalue weighted by atomic mass is 35.5. The summed E-state index contributed by atoms with van der Waals surface area (Å²) in [5.41, 5.74) is 9.19. The molecule has 2 amide bonds. The first kappa shape index (κ1) is 23.3. The lowest BCUT2D eigenvalue weighted by atomic mass is 9.80. The van der Waals surface area contributed by atoms with E-state index >= 15 is 0 Å². The smallest absolute Gasteiger partial charge is 0.411 e. The van der Waals surface area contributed by atoms with E-state index in [0.717, 1.165) is 24.0 Å². The summed E-state index contributed by atoms with van der Waals surface area (Å²) in [6, 6.07) is 14.7. The standard InChI is InChI=1S/C20H25N3O4.ClH/c1-4-13-20(21,14-5-9-16(10-6-14)22-18(24)26-2)15-7-11-17(12-8-15)23-19(25)27-3;/h5-12H,4,13,21H2,1-3H3,(H,22,24)(H,23,25);1H. The molecule has 0 aliphatic rings. The van der Waals surface area contributed by atoms with Gasteiger partial charge in [0.15, 0.2) is 0 Å². The van der Waals surface area contributed by atoms with Gasteiger partial charge < -0.3 is 15.2 Å². The van der Waals surface area contributed by atoms with Gasteiger partial charge in [-0.15, -0.1) is 12.4 Å². The molecular formula is C20H26ClN3O4. The number of hydrogen-bond acceptors (Lipinski definition) is 5. The number of nitrogens with two attached hydrogens (primary N) is 1. The average Bonchev–Trinajstić information content (AvgIpc) is 2.69. The van der Waals surface area contributed by atoms with E-state index in [9.17, 15) is 9.59 Å². The molecule has 0 aliphatic heterocycles. The number of anilines is 2. The van der Waals surface area contributed by atoms with Gasteiger partial charge in [-0.2, -0.15) is 0 Å². The summed E-state index contributed by atoms with van der Waals surface area (Å²) in [5.74, 6) is 0. The normalized spacial score (nSPS) is 10.4. The quantitative estimate of drug-likeness (QED) is 0.655. The summed E-state index contributed by atoms with van der Waals surface area (Å²) < 4.78 is 9.19. The van der Waals surface area contributed by atoms with Crippen molar-refractivity contribution in [1.29, 1.82) is 0 Å². The Morgan fingerprint density at radius 1 is 0.857 bits per heavy atom. The first-order chi connectivity index (χ1) is 12.9. The zero-order valence-corrected chi connectivity index (χ0v) is 17.0. The van der Waals surface area contributed by atoms with Gasteiger partial charge >= 0.3 is 12.2 Å². The molecule has 0 atom stereocenters. The minimum atomic E-state index is -0.692. The second-order valence-corrected chi connectivity index (χ2v) is 6.11. The Labute approximate surface area is 171 Å². The molecule has 2 aromatic carbocycles. The lowest BCUT2D eigenvalue weighted by Crippen LogP contribution is -2.37. The maximum Gasteiger partial charge on any atom is 0.411 e. The molecule has 0 unspecified atom stereocenters. The highest BCUT2D eigenvalue weighted by molar-refractivity contribution is 5.85. The predicted molar refractivity (Wildman–Crippen MR) is 112 cm³/mol. The van der Waals surface area contributed by atoms with Gasteiger partial charge in [0.2, 0.25) is 0 Å². The second kappa shape index (κ2) is 10.5. The average molecular weight is 408 g/mol. The highest BCUT2D eigenvalue weighted by Crippen LogP contribution is 2.33. The van der Waals surface area contributed by atoms with Crippen LogP contribution in [0.5, 0.6) is 0 Å². The lowest BCUT2D eigenvalue weighted by Gasteiger charge is -2.31. The minimum absolute atomic E-state index is 0. The SMILES string of the molecule is CCCC(N)(c1ccc(NC(=O)OC)cc1)c1ccc(NC(=O)OC)cc1.Cl. The summed E-state index contributed by atoms with van der Waals surface area (Å²) in [4.78, 5) is 22.6. The van der Waals surface area contributed by atoms with Gasteiger partial charge in [-0.25, -0.2) is 9.59 Å². The molecule has 2 rings (SSSR count). The molecule has 152 valence electrons. The Morgan fingerprint density at radius 2 is 1.21 bits per heavy atom. The van der Waals surface area contributed by atoms with E-state index in [1.54, 1.807) is 24.3 Å². The molecule has 0 bridgehead atoms. The highest BCUT2D eigenvalue weighted by Gasteiger charge is 2.28. The van der Waals surface area contributed by atoms with Crippen LogP contribution in [0.15, 0.2) is 48.5 Å². The number of methoxy groups -OCH3 is 2. The Balaban J connectivity index is 0.00000392. The third-order valence-corrected chi connectivity index (χ3v) is 4.31. The van der Waals surface area contributed by atoms with Crippen molar-refractivity contribution in [2.24, 2.45) is 5.73 Å². The fourth-order valence-electron chi connectivity index (χ4n) is 2.89. The molecule has 0 saturated heterocycles. The lowest BCUT2D eigenvalue weighted by molar-refractivity contribution is 0.186. The first-order valence-corrected chi connectivity index (χ1v) is 8.63. The number of benzene rings is 2. The number of carbonyl (C=O) groups is 2. The summed E-state index contributed by atoms with van der Waals surface area (Å²) in [5, 5.41) is 5.24. The van der Waals surface area contributed by atoms with Crippen LogP contribution in [-0.4, -0.2) is 26.4 Å². The van der Waals surface area contributed by atoms with Crippen molar-refractivity contribution < 1.29 is 19.1 Å². The third-order valence-electron chi connectivity index (χ3n) is 4.31. The maximum atomic E-state index is 11.3. The van der Waals surface area contributed by atoms with Gasteiger partial charge in [-0.3, -0.25) is 10.6 Å². The van der Waals surface area contributed by atoms with Crippen molar-refractivity contribution in [1.82, 2.24) is 0 Å². The van der Waals surface area contributed by atoms with Gasteiger partial charge in [0.25, 0.3) is 0 Å². The third kappa shape index (κ3) is 5.61. The molecule has 2 aromatic rings. The number of hydrogen-bond donors (Lipinski definition) is 3. The Morgan fingerprint density at radius 3 is 1.50 bits per heavy atom. The molecule has 0 aliphatic carbocycles. The molecule has 8 heteroatoms. The van der Waals surface area contributed by atoms with E-state index in [1.165, 1.54) is 14.2 Å². The zero-order chi connectivity index (χ0) is 19.9. The molecule has 7 nitrogen and oxygen atoms in total. The molecular weight excluding hydrogens is 382 g/mol. The van der Waals surface area contributed by atoms with E-state index in [2.05, 4.69) is 27.0 Å². The van der Waals surface area contributed by atoms with E-state index in [0.29, 0.717) is 11.4 Å². The van der Waals surface area contributed by atoms with Gasteiger partial charge in [-0.1, -0.05) is 37.6 Å². The van der Waals surface area contributed by atoms with Gasteiger partial charge in [0, 0.05) is 11.4 Å². The van der Waals surface area contributed by atoms with Crippen LogP contribution in [0, 0.1) is 0 Å². The number of halogens is 1. The van der Waals surface area contributed by atoms with Gasteiger partial charge in [0.05, 0.1) is 19.8 Å². The van der Waals surface area contributed by atoms with Crippen molar-refractivity contribution in [3.05, 3.63) is 59.7 Å². The molecule has 0 radical (unpaired) electrons. The number of nitrogens with one attached hydrogen (secondary N) is 2. The van der Waals surface area contributed by atoms with Crippen molar-refractivity contribution in [2.45, 2.75) is 25.3 Å². The Bertz CT molecular complexity index is 718. The predicted octanol–water partition coefficient (Wildman–Crippen LogP) is 4.47. The van der Waals surface area contributed by atoms with Crippen molar-refractivity contribution in [3.8, 4) is 0 Å². The van der Waals surface area contributed by atoms with Crippen molar-refractivity contribution in [3.63, 3.8) is 0 Å². The molecule has 0 spiro atoms. The topological polar surface area (TPSA) is 103 Å². The molecule has 0 aromatic heterocycles. The summed E-state index contributed by atoms with van der Waals surface area (Å²) >= 11 is 0. The van der Waals surface area contributed by atoms with E-state index in [-0.39, 0.29) is 12.4 Å². The summed E-state index contributed by atoms with van der Waals surface area (Å²) in [6.45, 7) is 2.07. The fourth-order valence-corrected chi connectivity index (χ4v) is 2.89. The summed E-state index contributed by atoms with van der Waals surface area (Å²) in [6.07, 6.45) is 0.578. The number of carbonyl (C=O) groups excluding carboxylic acids is 2. The van der Waals surface area contributed by atoms with Crippen LogP contribution in [0.1, 0.15) is 30.9 Å². The van der Waals surface area contributed by atoms with Gasteiger partial charge in [0.1, 0.15) is 0 Å². The van der Waals surface area contributed by atoms with E-state index in [1.807, 2.05) is 24.3 Å². The van der Waals surface area contributed by atoms with Crippen LogP contribution >= 0.6 is 12.4 Å². The zero-order valence-electron chi connectivity index (χ0n) is 16.2. The van der Waals surface area contributed by atoms with Crippen LogP contribution in [-0.2, 0) is 15.0 Å². The Hall–Kier alpha value is -2.77. The fraction of sp³-hybridized carbons (Fsp3) is 0.300. The van der Waals surface area contributed by atoms with Crippen LogP contribution in [0.3, 0.4) is 0 Å². The largest absolute Gasteiger partial charge is 0.453 e. The number of amides is 2. The van der Waals surface area contributed by atoms with Crippen molar-refractivity contribution >= 4 is 36.0 Å². The van der Waals surface area contributed by atoms with Gasteiger partial charge in [-0.05, 0) is 41.8 Å². The van der Waals surface area contributed by atoms with Crippen LogP contribution in [0.4, 0.5) is 21.0 Å². The number of rotatable bonds is 6. The second-order valence-electron chi connectivity index (χ2n) is 6.11.